The lowest BCUT2D eigenvalue weighted by Crippen LogP contribution is -2.29. The van der Waals surface area contributed by atoms with Crippen molar-refractivity contribution in [3.63, 3.8) is 0 Å². The molecule has 2 heteroatoms. The predicted molar refractivity (Wildman–Crippen MR) is 162 cm³/mol. The Kier molecular flexibility index (Phi) is 4.78. The lowest BCUT2D eigenvalue weighted by Gasteiger charge is -2.31. The minimum atomic E-state index is -3.13. The predicted octanol–water partition coefficient (Wildman–Crippen LogP) is 7.67. The highest BCUT2D eigenvalue weighted by Crippen LogP contribution is 2.63. The topological polar surface area (TPSA) is 17.1 Å². The standard InChI is InChI=1S/C37H25OP/c38-39(26-13-3-1-4-14-26,27-15-5-2-6-16-27)28-23-24-32-31-19-9-12-22-35(31)37(36(32)25-28)33-20-10-7-17-29(33)30-18-8-11-21-34(30)37/h1-25H. The SMILES string of the molecule is O=P(c1ccccc1)(c1ccccc1)c1ccc2c(c1)C1(c3ccccc3-c3ccccc31)c1ccccc1-2. The quantitative estimate of drug-likeness (QED) is 0.220. The van der Waals surface area contributed by atoms with Gasteiger partial charge in [0.1, 0.15) is 0 Å². The summed E-state index contributed by atoms with van der Waals surface area (Å²) in [5.41, 5.74) is 9.66. The van der Waals surface area contributed by atoms with Gasteiger partial charge in [-0.1, -0.05) is 146 Å². The molecule has 0 radical (unpaired) electrons. The number of hydrogen-bond acceptors (Lipinski definition) is 1. The largest absolute Gasteiger partial charge is 0.309 e. The Balaban J connectivity index is 1.49. The highest BCUT2D eigenvalue weighted by atomic mass is 31.2. The van der Waals surface area contributed by atoms with Crippen LogP contribution < -0.4 is 15.9 Å². The molecule has 2 aliphatic rings. The Labute approximate surface area is 228 Å². The molecule has 0 aliphatic heterocycles. The molecule has 1 spiro atoms. The first-order valence-electron chi connectivity index (χ1n) is 13.4. The van der Waals surface area contributed by atoms with Gasteiger partial charge < -0.3 is 4.57 Å². The Morgan fingerprint density at radius 1 is 0.359 bits per heavy atom. The fourth-order valence-electron chi connectivity index (χ4n) is 7.00. The van der Waals surface area contributed by atoms with Crippen molar-refractivity contribution in [2.24, 2.45) is 0 Å². The maximum atomic E-state index is 15.4. The molecule has 1 nitrogen and oxygen atoms in total. The highest BCUT2D eigenvalue weighted by Gasteiger charge is 2.51. The van der Waals surface area contributed by atoms with Crippen LogP contribution in [0.15, 0.2) is 152 Å². The fraction of sp³-hybridized carbons (Fsp3) is 0.0270. The molecule has 0 atom stereocenters. The summed E-state index contributed by atoms with van der Waals surface area (Å²) in [6.45, 7) is 0. The average Bonchev–Trinajstić information content (AvgIpc) is 3.49. The van der Waals surface area contributed by atoms with E-state index in [0.29, 0.717) is 0 Å². The monoisotopic (exact) mass is 516 g/mol. The average molecular weight is 517 g/mol. The molecule has 6 aromatic rings. The van der Waals surface area contributed by atoms with E-state index in [4.69, 9.17) is 0 Å². The van der Waals surface area contributed by atoms with Crippen molar-refractivity contribution in [3.8, 4) is 22.3 Å². The van der Waals surface area contributed by atoms with Crippen molar-refractivity contribution in [1.29, 1.82) is 0 Å². The molecule has 0 fully saturated rings. The van der Waals surface area contributed by atoms with E-state index >= 15 is 4.57 Å². The zero-order valence-electron chi connectivity index (χ0n) is 21.3. The van der Waals surface area contributed by atoms with E-state index in [1.54, 1.807) is 0 Å². The minimum absolute atomic E-state index is 0.451. The van der Waals surface area contributed by atoms with E-state index in [2.05, 4.69) is 91.0 Å². The number of benzene rings is 6. The summed E-state index contributed by atoms with van der Waals surface area (Å²) < 4.78 is 15.4. The molecule has 184 valence electrons. The van der Waals surface area contributed by atoms with Crippen molar-refractivity contribution in [1.82, 2.24) is 0 Å². The second kappa shape index (κ2) is 8.27. The lowest BCUT2D eigenvalue weighted by atomic mass is 9.70. The summed E-state index contributed by atoms with van der Waals surface area (Å²) in [6, 6.07) is 52.9. The molecule has 0 aromatic heterocycles. The first-order valence-corrected chi connectivity index (χ1v) is 15.1. The molecule has 0 unspecified atom stereocenters. The van der Waals surface area contributed by atoms with Crippen LogP contribution in [0, 0.1) is 0 Å². The van der Waals surface area contributed by atoms with Gasteiger partial charge in [-0.05, 0) is 50.6 Å². The third-order valence-corrected chi connectivity index (χ3v) is 11.6. The number of hydrogen-bond donors (Lipinski definition) is 0. The van der Waals surface area contributed by atoms with Gasteiger partial charge in [-0.25, -0.2) is 0 Å². The summed E-state index contributed by atoms with van der Waals surface area (Å²) in [6.07, 6.45) is 0. The van der Waals surface area contributed by atoms with Crippen LogP contribution in [-0.4, -0.2) is 0 Å². The van der Waals surface area contributed by atoms with E-state index in [-0.39, 0.29) is 0 Å². The van der Waals surface area contributed by atoms with Crippen molar-refractivity contribution >= 4 is 23.1 Å². The van der Waals surface area contributed by atoms with Gasteiger partial charge in [0, 0.05) is 15.9 Å². The van der Waals surface area contributed by atoms with Gasteiger partial charge in [0.15, 0.2) is 7.14 Å². The van der Waals surface area contributed by atoms with E-state index in [1.807, 2.05) is 60.7 Å². The molecule has 0 bridgehead atoms. The molecule has 39 heavy (non-hydrogen) atoms. The van der Waals surface area contributed by atoms with Crippen LogP contribution in [0.2, 0.25) is 0 Å². The van der Waals surface area contributed by atoms with Crippen LogP contribution in [0.5, 0.6) is 0 Å². The van der Waals surface area contributed by atoms with Gasteiger partial charge in [0.2, 0.25) is 0 Å². The van der Waals surface area contributed by atoms with E-state index in [0.717, 1.165) is 15.9 Å². The minimum Gasteiger partial charge on any atom is -0.309 e. The van der Waals surface area contributed by atoms with Crippen molar-refractivity contribution in [2.75, 3.05) is 0 Å². The molecule has 0 N–H and O–H groups in total. The first kappa shape index (κ1) is 22.5. The normalized spacial score (nSPS) is 13.9. The molecule has 0 amide bonds. The van der Waals surface area contributed by atoms with Gasteiger partial charge >= 0.3 is 0 Å². The van der Waals surface area contributed by atoms with Gasteiger partial charge in [0.05, 0.1) is 5.41 Å². The third-order valence-electron chi connectivity index (χ3n) is 8.58. The van der Waals surface area contributed by atoms with Crippen LogP contribution in [0.25, 0.3) is 22.3 Å². The highest BCUT2D eigenvalue weighted by molar-refractivity contribution is 7.85. The maximum absolute atomic E-state index is 15.4. The van der Waals surface area contributed by atoms with E-state index < -0.39 is 12.6 Å². The van der Waals surface area contributed by atoms with Gasteiger partial charge in [0.25, 0.3) is 0 Å². The first-order chi connectivity index (χ1) is 19.2. The Bertz CT molecular complexity index is 1830. The summed E-state index contributed by atoms with van der Waals surface area (Å²) >= 11 is 0. The Hall–Kier alpha value is -4.45. The van der Waals surface area contributed by atoms with E-state index in [9.17, 15) is 0 Å². The number of rotatable bonds is 3. The Morgan fingerprint density at radius 2 is 0.744 bits per heavy atom. The Morgan fingerprint density at radius 3 is 1.21 bits per heavy atom. The maximum Gasteiger partial charge on any atom is 0.171 e. The van der Waals surface area contributed by atoms with Crippen molar-refractivity contribution < 1.29 is 4.57 Å². The zero-order valence-corrected chi connectivity index (χ0v) is 22.2. The van der Waals surface area contributed by atoms with Crippen LogP contribution in [0.1, 0.15) is 22.3 Å². The van der Waals surface area contributed by atoms with Crippen LogP contribution in [-0.2, 0) is 9.98 Å². The molecule has 6 aromatic carbocycles. The summed E-state index contributed by atoms with van der Waals surface area (Å²) in [4.78, 5) is 0. The zero-order chi connectivity index (χ0) is 26.0. The molecule has 0 heterocycles. The summed E-state index contributed by atoms with van der Waals surface area (Å²) in [5, 5.41) is 2.58. The molecule has 0 saturated heterocycles. The molecular formula is C37H25OP. The van der Waals surface area contributed by atoms with Crippen molar-refractivity contribution in [3.05, 3.63) is 174 Å². The van der Waals surface area contributed by atoms with Crippen LogP contribution in [0.4, 0.5) is 0 Å². The van der Waals surface area contributed by atoms with Crippen LogP contribution >= 0.6 is 7.14 Å². The van der Waals surface area contributed by atoms with Gasteiger partial charge in [-0.15, -0.1) is 0 Å². The number of fused-ring (bicyclic) bond motifs is 10. The summed E-state index contributed by atoms with van der Waals surface area (Å²) in [7, 11) is -3.13. The molecular weight excluding hydrogens is 491 g/mol. The second-order valence-electron chi connectivity index (χ2n) is 10.4. The molecule has 0 saturated carbocycles. The lowest BCUT2D eigenvalue weighted by molar-refractivity contribution is 0.592. The van der Waals surface area contributed by atoms with Crippen molar-refractivity contribution in [2.45, 2.75) is 5.41 Å². The summed E-state index contributed by atoms with van der Waals surface area (Å²) in [5.74, 6) is 0. The van der Waals surface area contributed by atoms with Gasteiger partial charge in [-0.3, -0.25) is 0 Å². The third kappa shape index (κ3) is 2.89. The van der Waals surface area contributed by atoms with E-state index in [1.165, 1.54) is 44.5 Å². The smallest absolute Gasteiger partial charge is 0.171 e. The molecule has 8 rings (SSSR count). The molecule has 2 aliphatic carbocycles. The fourth-order valence-corrected chi connectivity index (χ4v) is 9.68. The van der Waals surface area contributed by atoms with Gasteiger partial charge in [-0.2, -0.15) is 0 Å². The van der Waals surface area contributed by atoms with Crippen LogP contribution in [0.3, 0.4) is 0 Å². The second-order valence-corrected chi connectivity index (χ2v) is 13.2.